The van der Waals surface area contributed by atoms with E-state index in [-0.39, 0.29) is 5.52 Å². The van der Waals surface area contributed by atoms with Crippen molar-refractivity contribution >= 4 is 26.6 Å². The van der Waals surface area contributed by atoms with Gasteiger partial charge >= 0.3 is 0 Å². The van der Waals surface area contributed by atoms with Crippen LogP contribution in [0, 0.1) is 17.5 Å². The second kappa shape index (κ2) is 7.88. The van der Waals surface area contributed by atoms with E-state index in [1.54, 1.807) is 6.20 Å². The molecule has 0 radical (unpaired) electrons. The first-order valence-corrected chi connectivity index (χ1v) is 11.1. The first-order chi connectivity index (χ1) is 16.3. The molecule has 0 aliphatic carbocycles. The highest BCUT2D eigenvalue weighted by Crippen LogP contribution is 2.36. The third kappa shape index (κ3) is 3.51. The maximum atomic E-state index is 15.3. The van der Waals surface area contributed by atoms with E-state index in [1.807, 2.05) is 4.72 Å². The Balaban J connectivity index is 1.61. The Bertz CT molecular complexity index is 1710. The minimum Gasteiger partial charge on any atom is -0.343 e. The number of H-pyrrole nitrogens is 3. The van der Waals surface area contributed by atoms with Crippen molar-refractivity contribution in [1.82, 2.24) is 25.1 Å². The van der Waals surface area contributed by atoms with Gasteiger partial charge in [0, 0.05) is 29.4 Å². The molecular weight excluding hydrogens is 473 g/mol. The summed E-state index contributed by atoms with van der Waals surface area (Å²) in [6, 6.07) is 7.62. The van der Waals surface area contributed by atoms with E-state index in [2.05, 4.69) is 25.1 Å². The molecule has 0 amide bonds. The van der Waals surface area contributed by atoms with Crippen molar-refractivity contribution in [3.05, 3.63) is 82.7 Å². The van der Waals surface area contributed by atoms with Crippen molar-refractivity contribution in [3.8, 4) is 22.6 Å². The van der Waals surface area contributed by atoms with Gasteiger partial charge in [-0.25, -0.2) is 18.2 Å². The standard InChI is InChI=1S/C21H13F3N6O3S/c22-12-6-7-13(30-34(32,33)15-3-1-2-14(31)27-15)18(24)16(12)10-4-5-11-19(17(10)23)28-29-20(11)21-25-8-9-26-21/h1-9,30H,(H,25,26)(H,27,31)(H,28,29). The summed E-state index contributed by atoms with van der Waals surface area (Å²) in [7, 11) is -4.43. The lowest BCUT2D eigenvalue weighted by Crippen LogP contribution is -2.19. The number of fused-ring (bicyclic) bond motifs is 1. The van der Waals surface area contributed by atoms with Crippen LogP contribution in [-0.4, -0.2) is 33.6 Å². The lowest BCUT2D eigenvalue weighted by atomic mass is 10.0. The zero-order valence-corrected chi connectivity index (χ0v) is 17.7. The number of rotatable bonds is 5. The average Bonchev–Trinajstić information content (AvgIpc) is 3.47. The Kier molecular flexibility index (Phi) is 4.97. The van der Waals surface area contributed by atoms with E-state index in [0.717, 1.165) is 30.3 Å². The molecule has 0 saturated carbocycles. The smallest absolute Gasteiger partial charge is 0.277 e. The van der Waals surface area contributed by atoms with Gasteiger partial charge in [0.2, 0.25) is 5.56 Å². The quantitative estimate of drug-likeness (QED) is 0.301. The van der Waals surface area contributed by atoms with Gasteiger partial charge in [0.05, 0.1) is 11.3 Å². The van der Waals surface area contributed by atoms with Crippen LogP contribution >= 0.6 is 0 Å². The maximum absolute atomic E-state index is 15.3. The number of benzene rings is 2. The second-order valence-corrected chi connectivity index (χ2v) is 8.78. The van der Waals surface area contributed by atoms with Gasteiger partial charge in [0.1, 0.15) is 17.0 Å². The summed E-state index contributed by atoms with van der Waals surface area (Å²) in [5, 5.41) is 6.33. The summed E-state index contributed by atoms with van der Waals surface area (Å²) in [6.45, 7) is 0. The van der Waals surface area contributed by atoms with Crippen LogP contribution in [0.5, 0.6) is 0 Å². The number of hydrogen-bond acceptors (Lipinski definition) is 5. The molecule has 0 spiro atoms. The summed E-state index contributed by atoms with van der Waals surface area (Å²) in [5.74, 6) is -3.09. The summed E-state index contributed by atoms with van der Waals surface area (Å²) >= 11 is 0. The number of halogens is 3. The van der Waals surface area contributed by atoms with Gasteiger partial charge < -0.3 is 9.97 Å². The fourth-order valence-corrected chi connectivity index (χ4v) is 4.54. The molecule has 0 bridgehead atoms. The third-order valence-electron chi connectivity index (χ3n) is 5.04. The zero-order valence-electron chi connectivity index (χ0n) is 16.9. The molecule has 0 aliphatic heterocycles. The van der Waals surface area contributed by atoms with Crippen LogP contribution in [0.15, 0.2) is 64.7 Å². The van der Waals surface area contributed by atoms with Gasteiger partial charge in [0.15, 0.2) is 22.5 Å². The third-order valence-corrected chi connectivity index (χ3v) is 6.34. The summed E-state index contributed by atoms with van der Waals surface area (Å²) in [4.78, 5) is 20.5. The van der Waals surface area contributed by atoms with Crippen LogP contribution in [-0.2, 0) is 10.0 Å². The van der Waals surface area contributed by atoms with Gasteiger partial charge in [-0.05, 0) is 24.3 Å². The number of pyridine rings is 1. The fourth-order valence-electron chi connectivity index (χ4n) is 3.49. The minimum atomic E-state index is -4.43. The molecule has 5 rings (SSSR count). The Labute approximate surface area is 188 Å². The van der Waals surface area contributed by atoms with Gasteiger partial charge in [-0.2, -0.15) is 13.5 Å². The van der Waals surface area contributed by atoms with Crippen molar-refractivity contribution in [3.63, 3.8) is 0 Å². The molecule has 2 aromatic carbocycles. The highest BCUT2D eigenvalue weighted by atomic mass is 32.2. The molecule has 172 valence electrons. The molecule has 0 aliphatic rings. The van der Waals surface area contributed by atoms with Crippen molar-refractivity contribution in [2.24, 2.45) is 0 Å². The molecule has 3 heterocycles. The van der Waals surface area contributed by atoms with Crippen LogP contribution in [0.2, 0.25) is 0 Å². The number of aromatic nitrogens is 5. The van der Waals surface area contributed by atoms with E-state index in [9.17, 15) is 17.6 Å². The van der Waals surface area contributed by atoms with E-state index in [4.69, 9.17) is 0 Å². The molecule has 0 saturated heterocycles. The Morgan fingerprint density at radius 3 is 2.53 bits per heavy atom. The van der Waals surface area contributed by atoms with E-state index < -0.39 is 54.9 Å². The maximum Gasteiger partial charge on any atom is 0.277 e. The largest absolute Gasteiger partial charge is 0.343 e. The van der Waals surface area contributed by atoms with Crippen molar-refractivity contribution in [2.45, 2.75) is 5.03 Å². The average molecular weight is 486 g/mol. The summed E-state index contributed by atoms with van der Waals surface area (Å²) < 4.78 is 72.4. The Morgan fingerprint density at radius 1 is 0.971 bits per heavy atom. The van der Waals surface area contributed by atoms with Crippen molar-refractivity contribution < 1.29 is 21.6 Å². The lowest BCUT2D eigenvalue weighted by molar-refractivity contribution is 0.582. The highest BCUT2D eigenvalue weighted by molar-refractivity contribution is 7.92. The zero-order chi connectivity index (χ0) is 24.0. The van der Waals surface area contributed by atoms with Crippen LogP contribution < -0.4 is 10.3 Å². The van der Waals surface area contributed by atoms with Crippen LogP contribution in [0.25, 0.3) is 33.5 Å². The first-order valence-electron chi connectivity index (χ1n) is 9.63. The number of imidazole rings is 1. The number of nitrogens with one attached hydrogen (secondary N) is 4. The predicted octanol–water partition coefficient (Wildman–Crippen LogP) is 3.53. The fraction of sp³-hybridized carbons (Fsp3) is 0. The van der Waals surface area contributed by atoms with E-state index >= 15 is 8.78 Å². The van der Waals surface area contributed by atoms with Crippen molar-refractivity contribution in [1.29, 1.82) is 0 Å². The molecule has 4 N–H and O–H groups in total. The van der Waals surface area contributed by atoms with Gasteiger partial charge in [-0.1, -0.05) is 12.1 Å². The minimum absolute atomic E-state index is 0.185. The Morgan fingerprint density at radius 2 is 1.79 bits per heavy atom. The number of nitrogens with zero attached hydrogens (tertiary/aromatic N) is 2. The Hall–Kier alpha value is -4.39. The van der Waals surface area contributed by atoms with Crippen LogP contribution in [0.4, 0.5) is 18.9 Å². The first kappa shape index (κ1) is 21.5. The van der Waals surface area contributed by atoms with Crippen LogP contribution in [0.3, 0.4) is 0 Å². The predicted molar refractivity (Wildman–Crippen MR) is 117 cm³/mol. The molecule has 13 heteroatoms. The second-order valence-electron chi connectivity index (χ2n) is 7.13. The SMILES string of the molecule is O=c1cccc(S(=O)(=O)Nc2ccc(F)c(-c3ccc4c(-c5ncc[nH]5)[nH]nc4c3F)c2F)[nH]1. The van der Waals surface area contributed by atoms with E-state index in [1.165, 1.54) is 18.3 Å². The molecule has 5 aromatic rings. The molecule has 9 nitrogen and oxygen atoms in total. The number of aromatic amines is 3. The highest BCUT2D eigenvalue weighted by Gasteiger charge is 2.25. The molecule has 0 atom stereocenters. The molecule has 3 aromatic heterocycles. The van der Waals surface area contributed by atoms with Crippen molar-refractivity contribution in [2.75, 3.05) is 4.72 Å². The molecule has 0 fully saturated rings. The lowest BCUT2D eigenvalue weighted by Gasteiger charge is -2.13. The summed E-state index contributed by atoms with van der Waals surface area (Å²) in [6.07, 6.45) is 3.06. The van der Waals surface area contributed by atoms with Gasteiger partial charge in [-0.3, -0.25) is 14.6 Å². The van der Waals surface area contributed by atoms with Gasteiger partial charge in [-0.15, -0.1) is 0 Å². The number of anilines is 1. The normalized spacial score (nSPS) is 11.7. The summed E-state index contributed by atoms with van der Waals surface area (Å²) in [5.41, 5.74) is -2.39. The topological polar surface area (TPSA) is 136 Å². The number of hydrogen-bond donors (Lipinski definition) is 4. The molecule has 34 heavy (non-hydrogen) atoms. The monoisotopic (exact) mass is 486 g/mol. The van der Waals surface area contributed by atoms with Crippen LogP contribution in [0.1, 0.15) is 0 Å². The number of sulfonamides is 1. The molecular formula is C21H13F3N6O3S. The molecule has 0 unspecified atom stereocenters. The van der Waals surface area contributed by atoms with Gasteiger partial charge in [0.25, 0.3) is 10.0 Å². The van der Waals surface area contributed by atoms with E-state index in [0.29, 0.717) is 16.9 Å².